The molecule has 9 rings (SSSR count). The fraction of sp³-hybridized carbons (Fsp3) is 0. The Morgan fingerprint density at radius 3 is 1.31 bits per heavy atom. The first kappa shape index (κ1) is 28.6. The number of hydrogen-bond acceptors (Lipinski definition) is 3. The van der Waals surface area contributed by atoms with Crippen molar-refractivity contribution < 1.29 is 4.42 Å². The van der Waals surface area contributed by atoms with Crippen LogP contribution in [0, 0.1) is 0 Å². The zero-order valence-electron chi connectivity index (χ0n) is 26.6. The SMILES string of the molecule is c1ccc(-c2cccc(-c3ccc(-c4nc(-c5ccc(-c6cccc(-c7ccccc7)c6)cc5)c5c(n4)oc4ccccc45)cc3)c2)cc1. The van der Waals surface area contributed by atoms with Gasteiger partial charge in [0.05, 0.1) is 11.1 Å². The van der Waals surface area contributed by atoms with Crippen LogP contribution in [0.25, 0.3) is 89.2 Å². The Labute approximate surface area is 284 Å². The van der Waals surface area contributed by atoms with Crippen molar-refractivity contribution in [2.24, 2.45) is 0 Å². The third-order valence-corrected chi connectivity index (χ3v) is 9.15. The Kier molecular flexibility index (Phi) is 7.14. The highest BCUT2D eigenvalue weighted by Gasteiger charge is 2.18. The summed E-state index contributed by atoms with van der Waals surface area (Å²) in [6, 6.07) is 63.5. The van der Waals surface area contributed by atoms with E-state index in [0.717, 1.165) is 49.9 Å². The number of benzene rings is 7. The third-order valence-electron chi connectivity index (χ3n) is 9.15. The number of hydrogen-bond donors (Lipinski definition) is 0. The molecule has 0 bridgehead atoms. The quantitative estimate of drug-likeness (QED) is 0.184. The van der Waals surface area contributed by atoms with Crippen LogP contribution in [-0.4, -0.2) is 9.97 Å². The number of para-hydroxylation sites is 1. The average molecular weight is 627 g/mol. The summed E-state index contributed by atoms with van der Waals surface area (Å²) in [6.45, 7) is 0. The average Bonchev–Trinajstić information content (AvgIpc) is 3.57. The van der Waals surface area contributed by atoms with Crippen molar-refractivity contribution in [1.29, 1.82) is 0 Å². The number of nitrogens with zero attached hydrogens (tertiary/aromatic N) is 2. The Morgan fingerprint density at radius 1 is 0.327 bits per heavy atom. The van der Waals surface area contributed by atoms with Gasteiger partial charge in [0, 0.05) is 16.5 Å². The van der Waals surface area contributed by atoms with Crippen molar-refractivity contribution in [1.82, 2.24) is 9.97 Å². The number of rotatable bonds is 6. The fourth-order valence-electron chi connectivity index (χ4n) is 6.61. The van der Waals surface area contributed by atoms with E-state index in [1.165, 1.54) is 27.8 Å². The van der Waals surface area contributed by atoms with Crippen LogP contribution in [-0.2, 0) is 0 Å². The molecule has 49 heavy (non-hydrogen) atoms. The van der Waals surface area contributed by atoms with Crippen molar-refractivity contribution in [3.63, 3.8) is 0 Å². The van der Waals surface area contributed by atoms with Crippen molar-refractivity contribution >= 4 is 22.1 Å². The van der Waals surface area contributed by atoms with Gasteiger partial charge in [0.2, 0.25) is 5.71 Å². The minimum absolute atomic E-state index is 0.584. The van der Waals surface area contributed by atoms with Crippen LogP contribution >= 0.6 is 0 Å². The van der Waals surface area contributed by atoms with Crippen LogP contribution in [0.15, 0.2) is 186 Å². The second-order valence-corrected chi connectivity index (χ2v) is 12.2. The number of fused-ring (bicyclic) bond motifs is 3. The van der Waals surface area contributed by atoms with Gasteiger partial charge in [-0.1, -0.05) is 164 Å². The topological polar surface area (TPSA) is 38.9 Å². The molecule has 0 N–H and O–H groups in total. The van der Waals surface area contributed by atoms with Gasteiger partial charge in [0.15, 0.2) is 5.82 Å². The summed E-state index contributed by atoms with van der Waals surface area (Å²) in [5.74, 6) is 0.630. The third kappa shape index (κ3) is 5.48. The predicted molar refractivity (Wildman–Crippen MR) is 202 cm³/mol. The van der Waals surface area contributed by atoms with Gasteiger partial charge in [0.1, 0.15) is 5.58 Å². The molecule has 0 aliphatic carbocycles. The van der Waals surface area contributed by atoms with Gasteiger partial charge in [-0.2, -0.15) is 4.98 Å². The summed E-state index contributed by atoms with van der Waals surface area (Å²) in [7, 11) is 0. The van der Waals surface area contributed by atoms with Crippen molar-refractivity contribution in [3.05, 3.63) is 182 Å². The fourth-order valence-corrected chi connectivity index (χ4v) is 6.61. The van der Waals surface area contributed by atoms with Gasteiger partial charge >= 0.3 is 0 Å². The molecule has 0 unspecified atom stereocenters. The molecule has 0 fully saturated rings. The molecule has 0 radical (unpaired) electrons. The monoisotopic (exact) mass is 626 g/mol. The Balaban J connectivity index is 1.10. The van der Waals surface area contributed by atoms with Gasteiger partial charge < -0.3 is 4.42 Å². The minimum Gasteiger partial charge on any atom is -0.438 e. The summed E-state index contributed by atoms with van der Waals surface area (Å²) in [4.78, 5) is 10.2. The van der Waals surface area contributed by atoms with E-state index in [2.05, 4.69) is 152 Å². The first-order chi connectivity index (χ1) is 24.3. The van der Waals surface area contributed by atoms with Crippen LogP contribution in [0.2, 0.25) is 0 Å². The molecule has 0 saturated carbocycles. The van der Waals surface area contributed by atoms with E-state index in [1.54, 1.807) is 0 Å². The highest BCUT2D eigenvalue weighted by atomic mass is 16.3. The summed E-state index contributed by atoms with van der Waals surface area (Å²) in [5.41, 5.74) is 13.6. The molecule has 3 heteroatoms. The van der Waals surface area contributed by atoms with E-state index in [1.807, 2.05) is 30.3 Å². The maximum atomic E-state index is 6.32. The van der Waals surface area contributed by atoms with E-state index in [4.69, 9.17) is 14.4 Å². The second-order valence-electron chi connectivity index (χ2n) is 12.2. The summed E-state index contributed by atoms with van der Waals surface area (Å²) in [6.07, 6.45) is 0. The smallest absolute Gasteiger partial charge is 0.231 e. The molecule has 7 aromatic carbocycles. The lowest BCUT2D eigenvalue weighted by Crippen LogP contribution is -1.94. The zero-order valence-corrected chi connectivity index (χ0v) is 26.6. The molecule has 3 nitrogen and oxygen atoms in total. The molecule has 230 valence electrons. The van der Waals surface area contributed by atoms with Crippen LogP contribution in [0.1, 0.15) is 0 Å². The van der Waals surface area contributed by atoms with Gasteiger partial charge in [-0.15, -0.1) is 0 Å². The van der Waals surface area contributed by atoms with Gasteiger partial charge in [0.25, 0.3) is 0 Å². The van der Waals surface area contributed by atoms with E-state index in [0.29, 0.717) is 11.5 Å². The summed E-state index contributed by atoms with van der Waals surface area (Å²) < 4.78 is 6.32. The highest BCUT2D eigenvalue weighted by Crippen LogP contribution is 2.37. The molecule has 0 spiro atoms. The lowest BCUT2D eigenvalue weighted by Gasteiger charge is -2.10. The van der Waals surface area contributed by atoms with Crippen LogP contribution in [0.5, 0.6) is 0 Å². The van der Waals surface area contributed by atoms with E-state index in [-0.39, 0.29) is 0 Å². The standard InChI is InChI=1S/C46H30N2O/c1-3-11-31(12-4-1)37-15-9-17-39(29-37)33-21-25-35(26-22-33)44-43-41-19-7-8-20-42(41)49-46(43)48-45(47-44)36-27-23-34(24-28-36)40-18-10-16-38(30-40)32-13-5-2-6-14-32/h1-30H. The van der Waals surface area contributed by atoms with Crippen LogP contribution in [0.3, 0.4) is 0 Å². The van der Waals surface area contributed by atoms with Crippen molar-refractivity contribution in [2.75, 3.05) is 0 Å². The minimum atomic E-state index is 0.584. The number of furan rings is 1. The molecule has 2 heterocycles. The van der Waals surface area contributed by atoms with Crippen LogP contribution in [0.4, 0.5) is 0 Å². The van der Waals surface area contributed by atoms with Crippen molar-refractivity contribution in [2.45, 2.75) is 0 Å². The molecule has 0 atom stereocenters. The summed E-state index contributed by atoms with van der Waals surface area (Å²) in [5, 5.41) is 1.93. The van der Waals surface area contributed by atoms with Crippen LogP contribution < -0.4 is 0 Å². The second kappa shape index (κ2) is 12.2. The molecular formula is C46H30N2O. The van der Waals surface area contributed by atoms with E-state index < -0.39 is 0 Å². The molecule has 0 aliphatic rings. The zero-order chi connectivity index (χ0) is 32.6. The summed E-state index contributed by atoms with van der Waals surface area (Å²) >= 11 is 0. The molecular weight excluding hydrogens is 597 g/mol. The normalized spacial score (nSPS) is 11.3. The largest absolute Gasteiger partial charge is 0.438 e. The molecule has 0 aliphatic heterocycles. The predicted octanol–water partition coefficient (Wildman–Crippen LogP) is 12.4. The van der Waals surface area contributed by atoms with Gasteiger partial charge in [-0.05, 0) is 62.7 Å². The molecule has 0 amide bonds. The Hall–Kier alpha value is -6.58. The Bertz CT molecular complexity index is 2570. The highest BCUT2D eigenvalue weighted by molar-refractivity contribution is 6.10. The van der Waals surface area contributed by atoms with Gasteiger partial charge in [-0.25, -0.2) is 4.98 Å². The van der Waals surface area contributed by atoms with E-state index in [9.17, 15) is 0 Å². The maximum absolute atomic E-state index is 6.32. The molecule has 2 aromatic heterocycles. The van der Waals surface area contributed by atoms with Crippen molar-refractivity contribution in [3.8, 4) is 67.2 Å². The first-order valence-electron chi connectivity index (χ1n) is 16.5. The molecule has 9 aromatic rings. The number of aromatic nitrogens is 2. The lowest BCUT2D eigenvalue weighted by atomic mass is 9.97. The van der Waals surface area contributed by atoms with E-state index >= 15 is 0 Å². The lowest BCUT2D eigenvalue weighted by molar-refractivity contribution is 0.653. The molecule has 0 saturated heterocycles. The Morgan fingerprint density at radius 2 is 0.755 bits per heavy atom. The maximum Gasteiger partial charge on any atom is 0.231 e. The first-order valence-corrected chi connectivity index (χ1v) is 16.5. The van der Waals surface area contributed by atoms with Gasteiger partial charge in [-0.3, -0.25) is 0 Å².